The van der Waals surface area contributed by atoms with Gasteiger partial charge in [0.15, 0.2) is 15.6 Å². The molecule has 1 heterocycles. The SMILES string of the molecule is O=C(CCC(=O)c1ccc(F)cc1)NNC(=O)[C@H]1CCS(=O)(=O)C1. The molecule has 0 radical (unpaired) electrons. The maximum Gasteiger partial charge on any atom is 0.242 e. The molecule has 1 fully saturated rings. The molecular weight excluding hydrogens is 339 g/mol. The molecule has 24 heavy (non-hydrogen) atoms. The van der Waals surface area contributed by atoms with Crippen molar-refractivity contribution in [3.05, 3.63) is 35.6 Å². The van der Waals surface area contributed by atoms with Gasteiger partial charge in [-0.2, -0.15) is 0 Å². The standard InChI is InChI=1S/C15H17FN2O5S/c16-12-3-1-10(2-4-12)13(19)5-6-14(20)17-18-15(21)11-7-8-24(22,23)9-11/h1-4,11H,5-9H2,(H,17,20)(H,18,21)/t11-/m0/s1. The van der Waals surface area contributed by atoms with Crippen LogP contribution in [-0.2, 0) is 19.4 Å². The van der Waals surface area contributed by atoms with Crippen LogP contribution in [0.15, 0.2) is 24.3 Å². The number of benzene rings is 1. The smallest absolute Gasteiger partial charge is 0.242 e. The molecule has 0 bridgehead atoms. The van der Waals surface area contributed by atoms with Crippen LogP contribution in [0.3, 0.4) is 0 Å². The van der Waals surface area contributed by atoms with E-state index in [1.807, 2.05) is 0 Å². The zero-order valence-corrected chi connectivity index (χ0v) is 13.6. The predicted octanol–water partition coefficient (Wildman–Crippen LogP) is 0.371. The van der Waals surface area contributed by atoms with Gasteiger partial charge in [-0.25, -0.2) is 12.8 Å². The van der Waals surface area contributed by atoms with Gasteiger partial charge in [-0.15, -0.1) is 0 Å². The molecule has 1 atom stereocenters. The van der Waals surface area contributed by atoms with E-state index in [0.29, 0.717) is 5.56 Å². The van der Waals surface area contributed by atoms with Crippen molar-refractivity contribution in [2.45, 2.75) is 19.3 Å². The largest absolute Gasteiger partial charge is 0.294 e. The number of hydrazine groups is 1. The van der Waals surface area contributed by atoms with Gasteiger partial charge in [0.2, 0.25) is 11.8 Å². The van der Waals surface area contributed by atoms with Gasteiger partial charge in [0.1, 0.15) is 5.82 Å². The van der Waals surface area contributed by atoms with Gasteiger partial charge in [-0.1, -0.05) is 0 Å². The van der Waals surface area contributed by atoms with Crippen LogP contribution in [0.25, 0.3) is 0 Å². The highest BCUT2D eigenvalue weighted by atomic mass is 32.2. The number of carbonyl (C=O) groups is 3. The molecule has 2 amide bonds. The van der Waals surface area contributed by atoms with Gasteiger partial charge >= 0.3 is 0 Å². The molecule has 7 nitrogen and oxygen atoms in total. The number of nitrogens with one attached hydrogen (secondary N) is 2. The molecule has 0 saturated carbocycles. The maximum absolute atomic E-state index is 12.8. The Morgan fingerprint density at radius 1 is 1.08 bits per heavy atom. The summed E-state index contributed by atoms with van der Waals surface area (Å²) in [6.07, 6.45) is -0.0162. The molecule has 0 aliphatic carbocycles. The second kappa shape index (κ2) is 7.52. The van der Waals surface area contributed by atoms with Crippen molar-refractivity contribution in [1.29, 1.82) is 0 Å². The number of rotatable bonds is 5. The first-order valence-electron chi connectivity index (χ1n) is 7.35. The molecule has 0 spiro atoms. The van der Waals surface area contributed by atoms with Crippen LogP contribution < -0.4 is 10.9 Å². The lowest BCUT2D eigenvalue weighted by molar-refractivity contribution is -0.130. The fourth-order valence-electron chi connectivity index (χ4n) is 2.30. The Kier molecular flexibility index (Phi) is 5.66. The Hall–Kier alpha value is -2.29. The first kappa shape index (κ1) is 18.1. The number of ketones is 1. The lowest BCUT2D eigenvalue weighted by Crippen LogP contribution is -2.44. The summed E-state index contributed by atoms with van der Waals surface area (Å²) in [6.45, 7) is 0. The maximum atomic E-state index is 12.8. The highest BCUT2D eigenvalue weighted by Crippen LogP contribution is 2.18. The van der Waals surface area contributed by atoms with E-state index in [1.165, 1.54) is 12.1 Å². The van der Waals surface area contributed by atoms with Gasteiger partial charge in [0.25, 0.3) is 0 Å². The van der Waals surface area contributed by atoms with E-state index in [1.54, 1.807) is 0 Å². The van der Waals surface area contributed by atoms with E-state index < -0.39 is 33.4 Å². The second-order valence-corrected chi connectivity index (χ2v) is 7.80. The van der Waals surface area contributed by atoms with E-state index in [0.717, 1.165) is 12.1 Å². The minimum atomic E-state index is -3.18. The average Bonchev–Trinajstić information content (AvgIpc) is 2.91. The average molecular weight is 356 g/mol. The summed E-state index contributed by atoms with van der Waals surface area (Å²) < 4.78 is 35.3. The van der Waals surface area contributed by atoms with Crippen molar-refractivity contribution >= 4 is 27.4 Å². The summed E-state index contributed by atoms with van der Waals surface area (Å²) in [6, 6.07) is 4.97. The summed E-state index contributed by atoms with van der Waals surface area (Å²) in [7, 11) is -3.18. The van der Waals surface area contributed by atoms with Crippen molar-refractivity contribution in [1.82, 2.24) is 10.9 Å². The molecule has 130 valence electrons. The predicted molar refractivity (Wildman–Crippen MR) is 83.0 cm³/mol. The summed E-state index contributed by atoms with van der Waals surface area (Å²) in [4.78, 5) is 35.2. The summed E-state index contributed by atoms with van der Waals surface area (Å²) >= 11 is 0. The fourth-order valence-corrected chi connectivity index (χ4v) is 4.05. The first-order valence-corrected chi connectivity index (χ1v) is 9.17. The Balaban J connectivity index is 1.72. The minimum absolute atomic E-state index is 0.0365. The normalized spacial score (nSPS) is 18.8. The number of hydrogen-bond donors (Lipinski definition) is 2. The lowest BCUT2D eigenvalue weighted by Gasteiger charge is -2.10. The van der Waals surface area contributed by atoms with Crippen LogP contribution in [0.2, 0.25) is 0 Å². The molecule has 1 aliphatic rings. The molecule has 1 aliphatic heterocycles. The van der Waals surface area contributed by atoms with Crippen molar-refractivity contribution < 1.29 is 27.2 Å². The highest BCUT2D eigenvalue weighted by Gasteiger charge is 2.33. The third kappa shape index (κ3) is 5.12. The van der Waals surface area contributed by atoms with E-state index >= 15 is 0 Å². The van der Waals surface area contributed by atoms with Gasteiger partial charge in [0.05, 0.1) is 17.4 Å². The molecule has 2 N–H and O–H groups in total. The third-order valence-corrected chi connectivity index (χ3v) is 5.44. The van der Waals surface area contributed by atoms with E-state index in [9.17, 15) is 27.2 Å². The summed E-state index contributed by atoms with van der Waals surface area (Å²) in [5.41, 5.74) is 4.62. The molecule has 0 aromatic heterocycles. The Labute approximate surface area is 138 Å². The summed E-state index contributed by atoms with van der Waals surface area (Å²) in [5.74, 6) is -2.84. The fraction of sp³-hybridized carbons (Fsp3) is 0.400. The van der Waals surface area contributed by atoms with Crippen LogP contribution in [-0.4, -0.2) is 37.5 Å². The van der Waals surface area contributed by atoms with Gasteiger partial charge in [-0.05, 0) is 30.7 Å². The van der Waals surface area contributed by atoms with Gasteiger partial charge < -0.3 is 0 Å². The topological polar surface area (TPSA) is 109 Å². The number of hydrogen-bond acceptors (Lipinski definition) is 5. The van der Waals surface area contributed by atoms with Crippen LogP contribution in [0.4, 0.5) is 4.39 Å². The quantitative estimate of drug-likeness (QED) is 0.585. The number of carbonyl (C=O) groups excluding carboxylic acids is 3. The summed E-state index contributed by atoms with van der Waals surface area (Å²) in [5, 5.41) is 0. The van der Waals surface area contributed by atoms with E-state index in [4.69, 9.17) is 0 Å². The van der Waals surface area contributed by atoms with E-state index in [2.05, 4.69) is 10.9 Å². The number of Topliss-reactive ketones (excluding diaryl/α,β-unsaturated/α-hetero) is 1. The molecule has 1 aromatic carbocycles. The zero-order chi connectivity index (χ0) is 17.7. The van der Waals surface area contributed by atoms with Crippen LogP contribution in [0, 0.1) is 11.7 Å². The van der Waals surface area contributed by atoms with E-state index in [-0.39, 0.29) is 36.6 Å². The second-order valence-electron chi connectivity index (χ2n) is 5.57. The Bertz CT molecular complexity index is 746. The zero-order valence-electron chi connectivity index (χ0n) is 12.7. The highest BCUT2D eigenvalue weighted by molar-refractivity contribution is 7.91. The van der Waals surface area contributed by atoms with Crippen LogP contribution >= 0.6 is 0 Å². The van der Waals surface area contributed by atoms with Gasteiger partial charge in [0, 0.05) is 18.4 Å². The van der Waals surface area contributed by atoms with Crippen LogP contribution in [0.5, 0.6) is 0 Å². The minimum Gasteiger partial charge on any atom is -0.294 e. The molecule has 1 saturated heterocycles. The third-order valence-electron chi connectivity index (χ3n) is 3.67. The van der Waals surface area contributed by atoms with Crippen molar-refractivity contribution in [2.75, 3.05) is 11.5 Å². The molecule has 0 unspecified atom stereocenters. The molecular formula is C15H17FN2O5S. The van der Waals surface area contributed by atoms with Gasteiger partial charge in [-0.3, -0.25) is 25.2 Å². The van der Waals surface area contributed by atoms with Crippen molar-refractivity contribution in [2.24, 2.45) is 5.92 Å². The van der Waals surface area contributed by atoms with Crippen molar-refractivity contribution in [3.63, 3.8) is 0 Å². The molecule has 9 heteroatoms. The monoisotopic (exact) mass is 356 g/mol. The number of sulfone groups is 1. The number of halogens is 1. The first-order chi connectivity index (χ1) is 11.3. The molecule has 1 aromatic rings. The molecule has 2 rings (SSSR count). The number of amides is 2. The lowest BCUT2D eigenvalue weighted by atomic mass is 10.1. The Morgan fingerprint density at radius 3 is 2.33 bits per heavy atom. The van der Waals surface area contributed by atoms with Crippen molar-refractivity contribution in [3.8, 4) is 0 Å². The Morgan fingerprint density at radius 2 is 1.75 bits per heavy atom. The van der Waals surface area contributed by atoms with Crippen LogP contribution in [0.1, 0.15) is 29.6 Å².